The monoisotopic (exact) mass is 622 g/mol. The zero-order valence-corrected chi connectivity index (χ0v) is 28.3. The van der Waals surface area contributed by atoms with E-state index in [1.54, 1.807) is 12.4 Å². The Morgan fingerprint density at radius 2 is 1.40 bits per heavy atom. The molecule has 0 atom stereocenters. The number of fused-ring (bicyclic) bond motifs is 2. The molecular weight excluding hydrogens is 568 g/mol. The second-order valence-electron chi connectivity index (χ2n) is 14.4. The molecular formula is C33H54N10O2. The second kappa shape index (κ2) is 14.0. The molecule has 0 spiro atoms. The lowest BCUT2D eigenvalue weighted by molar-refractivity contribution is 0.0993. The highest BCUT2D eigenvalue weighted by molar-refractivity contribution is 5.99. The van der Waals surface area contributed by atoms with Gasteiger partial charge in [-0.2, -0.15) is 0 Å². The molecule has 0 radical (unpaired) electrons. The number of imidazole rings is 2. The van der Waals surface area contributed by atoms with Gasteiger partial charge in [0.15, 0.2) is 11.3 Å². The first-order chi connectivity index (χ1) is 21.2. The molecule has 248 valence electrons. The van der Waals surface area contributed by atoms with Crippen LogP contribution in [0.1, 0.15) is 145 Å². The van der Waals surface area contributed by atoms with Gasteiger partial charge in [0.1, 0.15) is 22.8 Å². The number of primary amides is 2. The summed E-state index contributed by atoms with van der Waals surface area (Å²) in [5.41, 5.74) is 14.7. The summed E-state index contributed by atoms with van der Waals surface area (Å²) >= 11 is 0. The summed E-state index contributed by atoms with van der Waals surface area (Å²) in [5, 5.41) is 13.3. The average Bonchev–Trinajstić information content (AvgIpc) is 3.71. The smallest absolute Gasteiger partial charge is 0.254 e. The molecule has 45 heavy (non-hydrogen) atoms. The van der Waals surface area contributed by atoms with Crippen molar-refractivity contribution in [1.82, 2.24) is 29.2 Å². The highest BCUT2D eigenvalue weighted by Gasteiger charge is 2.28. The van der Waals surface area contributed by atoms with Gasteiger partial charge in [0.2, 0.25) is 0 Å². The van der Waals surface area contributed by atoms with Crippen molar-refractivity contribution in [2.24, 2.45) is 11.5 Å². The van der Waals surface area contributed by atoms with E-state index in [1.807, 2.05) is 9.03 Å². The van der Waals surface area contributed by atoms with E-state index in [1.165, 1.54) is 57.8 Å². The van der Waals surface area contributed by atoms with Crippen molar-refractivity contribution in [2.75, 3.05) is 10.6 Å². The lowest BCUT2D eigenvalue weighted by atomic mass is 9.91. The maximum atomic E-state index is 11.6. The lowest BCUT2D eigenvalue weighted by Gasteiger charge is -2.26. The van der Waals surface area contributed by atoms with Crippen LogP contribution in [-0.4, -0.2) is 52.6 Å². The fraction of sp³-hybridized carbons (Fsp3) is 0.636. The third-order valence-electron chi connectivity index (χ3n) is 8.18. The van der Waals surface area contributed by atoms with E-state index in [0.29, 0.717) is 28.5 Å². The Bertz CT molecular complexity index is 1590. The molecule has 0 saturated heterocycles. The number of carbonyl (C=O) groups is 2. The Morgan fingerprint density at radius 3 is 1.93 bits per heavy atom. The van der Waals surface area contributed by atoms with Gasteiger partial charge < -0.3 is 22.1 Å². The number of rotatable bonds is 11. The van der Waals surface area contributed by atoms with Crippen molar-refractivity contribution >= 4 is 34.7 Å². The fourth-order valence-electron chi connectivity index (χ4n) is 5.90. The van der Waals surface area contributed by atoms with Crippen LogP contribution in [0, 0.1) is 0 Å². The van der Waals surface area contributed by atoms with Gasteiger partial charge >= 0.3 is 0 Å². The zero-order valence-electron chi connectivity index (χ0n) is 28.3. The minimum atomic E-state index is -0.460. The number of H-pyrrole nitrogens is 2. The SMILES string of the molecule is CC(C)(C)c1nc2c(C(N)=O)c[nH]n2c1NC1CCCCC1.CCCCCCCc1nc2c(C(N)=O)c[nH]n2c1NC(C)(C)C. The zero-order chi connectivity index (χ0) is 32.9. The van der Waals surface area contributed by atoms with Gasteiger partial charge in [0.05, 0.1) is 11.4 Å². The molecule has 1 aliphatic carbocycles. The molecule has 8 N–H and O–H groups in total. The number of hydrogen-bond donors (Lipinski definition) is 6. The molecule has 1 aliphatic rings. The summed E-state index contributed by atoms with van der Waals surface area (Å²) in [5.74, 6) is 0.969. The van der Waals surface area contributed by atoms with E-state index in [4.69, 9.17) is 16.5 Å². The maximum absolute atomic E-state index is 11.6. The summed E-state index contributed by atoms with van der Waals surface area (Å²) in [6.07, 6.45) is 16.4. The van der Waals surface area contributed by atoms with Crippen molar-refractivity contribution in [2.45, 2.75) is 136 Å². The Kier molecular flexibility index (Phi) is 10.5. The topological polar surface area (TPSA) is 176 Å². The van der Waals surface area contributed by atoms with Crippen LogP contribution < -0.4 is 22.1 Å². The quantitative estimate of drug-likeness (QED) is 0.107. The lowest BCUT2D eigenvalue weighted by Crippen LogP contribution is -2.27. The first-order valence-electron chi connectivity index (χ1n) is 16.5. The molecule has 4 aromatic heterocycles. The van der Waals surface area contributed by atoms with Crippen LogP contribution in [0.4, 0.5) is 11.6 Å². The molecule has 1 fully saturated rings. The number of anilines is 2. The minimum Gasteiger partial charge on any atom is -0.366 e. The Labute approximate surface area is 266 Å². The summed E-state index contributed by atoms with van der Waals surface area (Å²) in [6, 6.07) is 0.468. The summed E-state index contributed by atoms with van der Waals surface area (Å²) in [7, 11) is 0. The number of nitrogens with zero attached hydrogens (tertiary/aromatic N) is 4. The third kappa shape index (κ3) is 8.20. The van der Waals surface area contributed by atoms with Gasteiger partial charge in [0, 0.05) is 29.4 Å². The van der Waals surface area contributed by atoms with E-state index in [0.717, 1.165) is 35.9 Å². The van der Waals surface area contributed by atoms with E-state index >= 15 is 0 Å². The van der Waals surface area contributed by atoms with Gasteiger partial charge in [-0.3, -0.25) is 19.8 Å². The number of carbonyl (C=O) groups excluding carboxylic acids is 2. The summed E-state index contributed by atoms with van der Waals surface area (Å²) < 4.78 is 3.68. The highest BCUT2D eigenvalue weighted by Crippen LogP contribution is 2.33. The number of amides is 2. The second-order valence-corrected chi connectivity index (χ2v) is 14.4. The normalized spacial score (nSPS) is 14.5. The number of aromatic nitrogens is 6. The molecule has 0 aromatic carbocycles. The molecule has 0 bridgehead atoms. The maximum Gasteiger partial charge on any atom is 0.254 e. The minimum absolute atomic E-state index is 0.0923. The molecule has 1 saturated carbocycles. The number of nitrogens with one attached hydrogen (secondary N) is 4. The molecule has 4 aromatic rings. The van der Waals surface area contributed by atoms with Crippen molar-refractivity contribution in [1.29, 1.82) is 0 Å². The van der Waals surface area contributed by atoms with Gasteiger partial charge in [-0.15, -0.1) is 0 Å². The third-order valence-corrected chi connectivity index (χ3v) is 8.18. The first-order valence-corrected chi connectivity index (χ1v) is 16.5. The fourth-order valence-corrected chi connectivity index (χ4v) is 5.90. The predicted molar refractivity (Wildman–Crippen MR) is 181 cm³/mol. The molecule has 12 nitrogen and oxygen atoms in total. The van der Waals surface area contributed by atoms with Gasteiger partial charge in [-0.25, -0.2) is 19.0 Å². The molecule has 0 aliphatic heterocycles. The van der Waals surface area contributed by atoms with Crippen LogP contribution in [0.25, 0.3) is 11.3 Å². The van der Waals surface area contributed by atoms with Crippen molar-refractivity contribution < 1.29 is 9.59 Å². The van der Waals surface area contributed by atoms with Gasteiger partial charge in [-0.05, 0) is 46.5 Å². The highest BCUT2D eigenvalue weighted by atomic mass is 16.1. The van der Waals surface area contributed by atoms with Crippen molar-refractivity contribution in [3.63, 3.8) is 0 Å². The molecule has 12 heteroatoms. The van der Waals surface area contributed by atoms with Crippen LogP contribution >= 0.6 is 0 Å². The Hall–Kier alpha value is -3.96. The van der Waals surface area contributed by atoms with E-state index in [-0.39, 0.29) is 11.0 Å². The number of nitrogens with two attached hydrogens (primary N) is 2. The van der Waals surface area contributed by atoms with Crippen LogP contribution in [0.5, 0.6) is 0 Å². The first kappa shape index (κ1) is 33.9. The molecule has 5 rings (SSSR count). The summed E-state index contributed by atoms with van der Waals surface area (Å²) in [6.45, 7) is 14.9. The Morgan fingerprint density at radius 1 is 0.844 bits per heavy atom. The molecule has 4 heterocycles. The summed E-state index contributed by atoms with van der Waals surface area (Å²) in [4.78, 5) is 32.5. The number of hydrogen-bond acceptors (Lipinski definition) is 6. The predicted octanol–water partition coefficient (Wildman–Crippen LogP) is 6.29. The van der Waals surface area contributed by atoms with Gasteiger partial charge in [-0.1, -0.05) is 72.6 Å². The van der Waals surface area contributed by atoms with E-state index in [9.17, 15) is 9.59 Å². The Balaban J connectivity index is 0.000000205. The van der Waals surface area contributed by atoms with Crippen LogP contribution in [0.3, 0.4) is 0 Å². The largest absolute Gasteiger partial charge is 0.366 e. The van der Waals surface area contributed by atoms with Crippen LogP contribution in [-0.2, 0) is 11.8 Å². The van der Waals surface area contributed by atoms with Crippen LogP contribution in [0.15, 0.2) is 12.4 Å². The number of aryl methyl sites for hydroxylation is 1. The standard InChI is InChI=1S/C17H29N5O.C16H25N5O/c1-5-6-7-8-9-10-13-16(21-17(2,3)4)22-15(20-13)12(11-19-22)14(18)23;1-16(2,3)12-15(19-10-7-5-4-6-8-10)21-14(20-12)11(9-18-21)13(17)22/h11,19,21H,5-10H2,1-4H3,(H2,18,23);9-10,18-19H,4-8H2,1-3H3,(H2,17,22). The van der Waals surface area contributed by atoms with E-state index < -0.39 is 11.8 Å². The number of aromatic amines is 2. The van der Waals surface area contributed by atoms with Gasteiger partial charge in [0.25, 0.3) is 11.8 Å². The number of unbranched alkanes of at least 4 members (excludes halogenated alkanes) is 4. The van der Waals surface area contributed by atoms with E-state index in [2.05, 4.69) is 74.3 Å². The molecule has 2 amide bonds. The van der Waals surface area contributed by atoms with Crippen molar-refractivity contribution in [3.8, 4) is 0 Å². The van der Waals surface area contributed by atoms with Crippen LogP contribution in [0.2, 0.25) is 0 Å². The average molecular weight is 623 g/mol. The molecule has 0 unspecified atom stereocenters. The van der Waals surface area contributed by atoms with Crippen molar-refractivity contribution in [3.05, 3.63) is 34.9 Å².